The van der Waals surface area contributed by atoms with Crippen molar-refractivity contribution in [1.82, 2.24) is 4.90 Å². The van der Waals surface area contributed by atoms with Gasteiger partial charge in [0.15, 0.2) is 5.67 Å². The summed E-state index contributed by atoms with van der Waals surface area (Å²) in [5.41, 5.74) is -1.31. The Balaban J connectivity index is 2.32. The minimum absolute atomic E-state index is 0.0607. The van der Waals surface area contributed by atoms with Gasteiger partial charge in [-0.1, -0.05) is 20.8 Å². The number of methoxy groups -OCH3 is 1. The van der Waals surface area contributed by atoms with Crippen molar-refractivity contribution in [2.45, 2.75) is 32.9 Å². The van der Waals surface area contributed by atoms with Crippen LogP contribution in [0.1, 0.15) is 27.2 Å². The van der Waals surface area contributed by atoms with E-state index in [-0.39, 0.29) is 25.6 Å². The molecule has 0 radical (unpaired) electrons. The molecule has 94 valence electrons. The van der Waals surface area contributed by atoms with Gasteiger partial charge in [0.25, 0.3) is 0 Å². The van der Waals surface area contributed by atoms with Gasteiger partial charge in [-0.25, -0.2) is 4.39 Å². The van der Waals surface area contributed by atoms with Crippen LogP contribution in [0.25, 0.3) is 0 Å². The van der Waals surface area contributed by atoms with E-state index in [1.54, 1.807) is 4.90 Å². The van der Waals surface area contributed by atoms with Crippen molar-refractivity contribution in [2.24, 2.45) is 11.8 Å². The molecule has 1 rings (SSSR count). The molecule has 1 unspecified atom stereocenters. The summed E-state index contributed by atoms with van der Waals surface area (Å²) in [5, 5.41) is 0. The highest BCUT2D eigenvalue weighted by atomic mass is 19.1. The Bertz CT molecular complexity index is 249. The number of amides is 1. The molecular formula is C12H22FNO2. The van der Waals surface area contributed by atoms with Gasteiger partial charge in [-0.15, -0.1) is 0 Å². The third kappa shape index (κ3) is 3.17. The molecule has 0 aromatic heterocycles. The zero-order valence-corrected chi connectivity index (χ0v) is 10.6. The second-order valence-electron chi connectivity index (χ2n) is 5.26. The Morgan fingerprint density at radius 3 is 2.44 bits per heavy atom. The minimum atomic E-state index is -1.31. The molecular weight excluding hydrogens is 209 g/mol. The highest BCUT2D eigenvalue weighted by Crippen LogP contribution is 2.27. The quantitative estimate of drug-likeness (QED) is 0.723. The smallest absolute Gasteiger partial charge is 0.223 e. The maximum atomic E-state index is 13.7. The molecule has 1 amide bonds. The van der Waals surface area contributed by atoms with Crippen LogP contribution in [0, 0.1) is 11.8 Å². The fourth-order valence-electron chi connectivity index (χ4n) is 1.80. The number of carbonyl (C=O) groups excluding carboxylic acids is 1. The van der Waals surface area contributed by atoms with Crippen molar-refractivity contribution in [3.05, 3.63) is 0 Å². The van der Waals surface area contributed by atoms with Gasteiger partial charge in [0.2, 0.25) is 5.91 Å². The molecule has 0 bridgehead atoms. The van der Waals surface area contributed by atoms with E-state index in [4.69, 9.17) is 4.74 Å². The van der Waals surface area contributed by atoms with E-state index in [1.165, 1.54) is 7.11 Å². The SMILES string of the molecule is COCC1(F)CN(C(=O)CC(C)C(C)C)C1. The molecule has 1 fully saturated rings. The number of nitrogens with zero attached hydrogens (tertiary/aromatic N) is 1. The van der Waals surface area contributed by atoms with Crippen molar-refractivity contribution in [1.29, 1.82) is 0 Å². The van der Waals surface area contributed by atoms with Gasteiger partial charge in [0.05, 0.1) is 19.7 Å². The summed E-state index contributed by atoms with van der Waals surface area (Å²) in [5.74, 6) is 0.898. The highest BCUT2D eigenvalue weighted by molar-refractivity contribution is 5.77. The Morgan fingerprint density at radius 2 is 2.00 bits per heavy atom. The van der Waals surface area contributed by atoms with Crippen LogP contribution >= 0.6 is 0 Å². The van der Waals surface area contributed by atoms with E-state index in [0.29, 0.717) is 18.3 Å². The van der Waals surface area contributed by atoms with Gasteiger partial charge in [-0.05, 0) is 11.8 Å². The van der Waals surface area contributed by atoms with Crippen molar-refractivity contribution < 1.29 is 13.9 Å². The van der Waals surface area contributed by atoms with Crippen molar-refractivity contribution in [3.63, 3.8) is 0 Å². The van der Waals surface area contributed by atoms with Crippen LogP contribution < -0.4 is 0 Å². The number of ether oxygens (including phenoxy) is 1. The van der Waals surface area contributed by atoms with Gasteiger partial charge in [0, 0.05) is 13.5 Å². The largest absolute Gasteiger partial charge is 0.381 e. The first kappa shape index (κ1) is 13.4. The predicted molar refractivity (Wildman–Crippen MR) is 60.9 cm³/mol. The standard InChI is InChI=1S/C12H22FNO2/c1-9(2)10(3)5-11(15)14-6-12(13,7-14)8-16-4/h9-10H,5-8H2,1-4H3. The molecule has 0 aromatic carbocycles. The van der Waals surface area contributed by atoms with Crippen LogP contribution in [0.15, 0.2) is 0 Å². The molecule has 16 heavy (non-hydrogen) atoms. The van der Waals surface area contributed by atoms with E-state index < -0.39 is 5.67 Å². The van der Waals surface area contributed by atoms with Crippen molar-refractivity contribution in [2.75, 3.05) is 26.8 Å². The monoisotopic (exact) mass is 231 g/mol. The van der Waals surface area contributed by atoms with E-state index in [2.05, 4.69) is 20.8 Å². The number of hydrogen-bond donors (Lipinski definition) is 0. The van der Waals surface area contributed by atoms with Gasteiger partial charge < -0.3 is 9.64 Å². The molecule has 0 spiro atoms. The molecule has 1 aliphatic rings. The van der Waals surface area contributed by atoms with E-state index in [1.807, 2.05) is 0 Å². The average molecular weight is 231 g/mol. The number of hydrogen-bond acceptors (Lipinski definition) is 2. The van der Waals surface area contributed by atoms with Crippen LogP contribution in [-0.2, 0) is 9.53 Å². The number of carbonyl (C=O) groups is 1. The Kier molecular flexibility index (Phi) is 4.30. The maximum Gasteiger partial charge on any atom is 0.223 e. The summed E-state index contributed by atoms with van der Waals surface area (Å²) < 4.78 is 18.5. The molecule has 4 heteroatoms. The molecule has 1 heterocycles. The number of halogens is 1. The summed E-state index contributed by atoms with van der Waals surface area (Å²) >= 11 is 0. The van der Waals surface area contributed by atoms with Gasteiger partial charge in [-0.2, -0.15) is 0 Å². The molecule has 0 saturated carbocycles. The summed E-state index contributed by atoms with van der Waals surface area (Å²) in [6.45, 7) is 6.70. The molecule has 3 nitrogen and oxygen atoms in total. The third-order valence-corrected chi connectivity index (χ3v) is 3.34. The van der Waals surface area contributed by atoms with E-state index in [0.717, 1.165) is 0 Å². The third-order valence-electron chi connectivity index (χ3n) is 3.34. The summed E-state index contributed by atoms with van der Waals surface area (Å²) in [6, 6.07) is 0. The zero-order valence-electron chi connectivity index (χ0n) is 10.6. The Labute approximate surface area is 96.9 Å². The zero-order chi connectivity index (χ0) is 12.3. The van der Waals surface area contributed by atoms with Crippen LogP contribution in [-0.4, -0.2) is 43.3 Å². The minimum Gasteiger partial charge on any atom is -0.381 e. The first-order valence-electron chi connectivity index (χ1n) is 5.83. The van der Waals surface area contributed by atoms with Crippen LogP contribution in [0.5, 0.6) is 0 Å². The lowest BCUT2D eigenvalue weighted by atomic mass is 9.91. The van der Waals surface area contributed by atoms with Crippen molar-refractivity contribution >= 4 is 5.91 Å². The average Bonchev–Trinajstić information content (AvgIpc) is 2.13. The first-order chi connectivity index (χ1) is 7.38. The predicted octanol–water partition coefficient (Wildman–Crippen LogP) is 1.87. The lowest BCUT2D eigenvalue weighted by molar-refractivity contribution is -0.151. The summed E-state index contributed by atoms with van der Waals surface area (Å²) in [7, 11) is 1.48. The number of likely N-dealkylation sites (tertiary alicyclic amines) is 1. The lowest BCUT2D eigenvalue weighted by Gasteiger charge is -2.44. The van der Waals surface area contributed by atoms with Crippen LogP contribution in [0.3, 0.4) is 0 Å². The van der Waals surface area contributed by atoms with E-state index in [9.17, 15) is 9.18 Å². The molecule has 1 saturated heterocycles. The fraction of sp³-hybridized carbons (Fsp3) is 0.917. The lowest BCUT2D eigenvalue weighted by Crippen LogP contribution is -2.63. The topological polar surface area (TPSA) is 29.5 Å². The molecule has 0 aliphatic carbocycles. The molecule has 1 atom stereocenters. The molecule has 0 N–H and O–H groups in total. The van der Waals surface area contributed by atoms with E-state index >= 15 is 0 Å². The number of alkyl halides is 1. The molecule has 0 aromatic rings. The first-order valence-corrected chi connectivity index (χ1v) is 5.83. The normalized spacial score (nSPS) is 20.8. The Hall–Kier alpha value is -0.640. The summed E-state index contributed by atoms with van der Waals surface area (Å²) in [4.78, 5) is 13.3. The second kappa shape index (κ2) is 5.13. The van der Waals surface area contributed by atoms with Crippen LogP contribution in [0.2, 0.25) is 0 Å². The van der Waals surface area contributed by atoms with Crippen molar-refractivity contribution in [3.8, 4) is 0 Å². The highest BCUT2D eigenvalue weighted by Gasteiger charge is 2.45. The summed E-state index contributed by atoms with van der Waals surface area (Å²) in [6.07, 6.45) is 0.515. The molecule has 1 aliphatic heterocycles. The fourth-order valence-corrected chi connectivity index (χ4v) is 1.80. The second-order valence-corrected chi connectivity index (χ2v) is 5.26. The van der Waals surface area contributed by atoms with Gasteiger partial charge >= 0.3 is 0 Å². The maximum absolute atomic E-state index is 13.7. The van der Waals surface area contributed by atoms with Gasteiger partial charge in [0.1, 0.15) is 0 Å². The van der Waals surface area contributed by atoms with Crippen LogP contribution in [0.4, 0.5) is 4.39 Å². The number of rotatable bonds is 5. The Morgan fingerprint density at radius 1 is 1.44 bits per heavy atom. The van der Waals surface area contributed by atoms with Gasteiger partial charge in [-0.3, -0.25) is 4.79 Å².